The van der Waals surface area contributed by atoms with Gasteiger partial charge in [0.25, 0.3) is 11.5 Å². The molecule has 1 aliphatic heterocycles. The summed E-state index contributed by atoms with van der Waals surface area (Å²) in [5.41, 5.74) is 1.21. The average Bonchev–Trinajstić information content (AvgIpc) is 2.61. The van der Waals surface area contributed by atoms with E-state index in [0.29, 0.717) is 44.0 Å². The van der Waals surface area contributed by atoms with Crippen LogP contribution in [-0.4, -0.2) is 52.7 Å². The van der Waals surface area contributed by atoms with Gasteiger partial charge in [0, 0.05) is 44.0 Å². The van der Waals surface area contributed by atoms with Crippen LogP contribution in [0.4, 0.5) is 4.39 Å². The van der Waals surface area contributed by atoms with E-state index in [1.807, 2.05) is 6.07 Å². The molecule has 0 spiro atoms. The monoisotopic (exact) mass is 371 g/mol. The third-order valence-electron chi connectivity index (χ3n) is 4.80. The summed E-state index contributed by atoms with van der Waals surface area (Å²) >= 11 is 0. The molecule has 0 radical (unpaired) electrons. The Hall–Kier alpha value is -2.80. The Morgan fingerprint density at radius 3 is 2.44 bits per heavy atom. The first-order valence-corrected chi connectivity index (χ1v) is 8.86. The van der Waals surface area contributed by atoms with Gasteiger partial charge in [-0.3, -0.25) is 19.3 Å². The number of hydrogen-bond acceptors (Lipinski definition) is 4. The predicted octanol–water partition coefficient (Wildman–Crippen LogP) is 1.98. The van der Waals surface area contributed by atoms with Crippen LogP contribution >= 0.6 is 0 Å². The van der Waals surface area contributed by atoms with E-state index in [-0.39, 0.29) is 23.1 Å². The lowest BCUT2D eigenvalue weighted by molar-refractivity contribution is 0.0626. The SMILES string of the molecule is CC(=O)c1cc(C(=O)N2CCN(Cc3cccc(F)c3)CC2)c(=O)[nH]c1C. The van der Waals surface area contributed by atoms with Crippen molar-refractivity contribution in [2.24, 2.45) is 0 Å². The minimum atomic E-state index is -0.482. The number of aromatic nitrogens is 1. The molecular formula is C20H22FN3O3. The highest BCUT2D eigenvalue weighted by atomic mass is 19.1. The van der Waals surface area contributed by atoms with E-state index in [1.54, 1.807) is 17.9 Å². The van der Waals surface area contributed by atoms with E-state index in [4.69, 9.17) is 0 Å². The molecule has 1 aliphatic rings. The fraction of sp³-hybridized carbons (Fsp3) is 0.350. The summed E-state index contributed by atoms with van der Waals surface area (Å²) in [7, 11) is 0. The van der Waals surface area contributed by atoms with Crippen LogP contribution in [0.1, 0.15) is 38.9 Å². The third kappa shape index (κ3) is 4.31. The first-order chi connectivity index (χ1) is 12.8. The molecule has 0 saturated carbocycles. The number of Topliss-reactive ketones (excluding diaryl/α,β-unsaturated/α-hetero) is 1. The van der Waals surface area contributed by atoms with Crippen LogP contribution in [-0.2, 0) is 6.54 Å². The van der Waals surface area contributed by atoms with Crippen molar-refractivity contribution in [3.05, 3.63) is 68.9 Å². The van der Waals surface area contributed by atoms with Crippen molar-refractivity contribution in [2.45, 2.75) is 20.4 Å². The number of benzene rings is 1. The summed E-state index contributed by atoms with van der Waals surface area (Å²) in [5, 5.41) is 0. The van der Waals surface area contributed by atoms with E-state index >= 15 is 0 Å². The Bertz CT molecular complexity index is 930. The molecule has 1 N–H and O–H groups in total. The van der Waals surface area contributed by atoms with Crippen LogP contribution in [0.2, 0.25) is 0 Å². The van der Waals surface area contributed by atoms with Crippen molar-refractivity contribution in [3.8, 4) is 0 Å². The molecular weight excluding hydrogens is 349 g/mol. The molecule has 1 fully saturated rings. The average molecular weight is 371 g/mol. The standard InChI is InChI=1S/C20H22FN3O3/c1-13-17(14(2)25)11-18(19(26)22-13)20(27)24-8-6-23(7-9-24)12-15-4-3-5-16(21)10-15/h3-5,10-11H,6-9,12H2,1-2H3,(H,22,26). The molecule has 142 valence electrons. The van der Waals surface area contributed by atoms with Crippen molar-refractivity contribution in [3.63, 3.8) is 0 Å². The number of pyridine rings is 1. The number of amides is 1. The fourth-order valence-corrected chi connectivity index (χ4v) is 3.32. The van der Waals surface area contributed by atoms with Crippen molar-refractivity contribution in [2.75, 3.05) is 26.2 Å². The summed E-state index contributed by atoms with van der Waals surface area (Å²) in [4.78, 5) is 42.9. The number of carbonyl (C=O) groups excluding carboxylic acids is 2. The highest BCUT2D eigenvalue weighted by Gasteiger charge is 2.25. The van der Waals surface area contributed by atoms with Gasteiger partial charge < -0.3 is 9.88 Å². The molecule has 0 bridgehead atoms. The first-order valence-electron chi connectivity index (χ1n) is 8.86. The number of rotatable bonds is 4. The Kier molecular flexibility index (Phi) is 5.51. The van der Waals surface area contributed by atoms with Crippen molar-refractivity contribution in [1.82, 2.24) is 14.8 Å². The molecule has 0 aliphatic carbocycles. The number of piperazine rings is 1. The minimum Gasteiger partial charge on any atom is -0.336 e. The maximum absolute atomic E-state index is 13.3. The Morgan fingerprint density at radius 1 is 1.11 bits per heavy atom. The van der Waals surface area contributed by atoms with E-state index in [1.165, 1.54) is 25.1 Å². The van der Waals surface area contributed by atoms with Crippen LogP contribution in [0, 0.1) is 12.7 Å². The lowest BCUT2D eigenvalue weighted by atomic mass is 10.1. The number of carbonyl (C=O) groups is 2. The van der Waals surface area contributed by atoms with Gasteiger partial charge in [-0.25, -0.2) is 4.39 Å². The number of aromatic amines is 1. The lowest BCUT2D eigenvalue weighted by Gasteiger charge is -2.34. The minimum absolute atomic E-state index is 0.00983. The predicted molar refractivity (Wildman–Crippen MR) is 99.4 cm³/mol. The van der Waals surface area contributed by atoms with E-state index in [2.05, 4.69) is 9.88 Å². The molecule has 1 aromatic heterocycles. The maximum Gasteiger partial charge on any atom is 0.261 e. The molecule has 0 atom stereocenters. The zero-order valence-electron chi connectivity index (χ0n) is 15.4. The maximum atomic E-state index is 13.3. The molecule has 2 aromatic rings. The van der Waals surface area contributed by atoms with Crippen molar-refractivity contribution >= 4 is 11.7 Å². The number of ketones is 1. The van der Waals surface area contributed by atoms with E-state index in [9.17, 15) is 18.8 Å². The summed E-state index contributed by atoms with van der Waals surface area (Å²) < 4.78 is 13.3. The molecule has 3 rings (SSSR count). The van der Waals surface area contributed by atoms with Gasteiger partial charge in [-0.15, -0.1) is 0 Å². The molecule has 7 heteroatoms. The van der Waals surface area contributed by atoms with Gasteiger partial charge in [0.05, 0.1) is 0 Å². The highest BCUT2D eigenvalue weighted by molar-refractivity contribution is 5.99. The van der Waals surface area contributed by atoms with Gasteiger partial charge >= 0.3 is 0 Å². The van der Waals surface area contributed by atoms with Crippen LogP contribution in [0.5, 0.6) is 0 Å². The molecule has 1 aromatic carbocycles. The fourth-order valence-electron chi connectivity index (χ4n) is 3.32. The van der Waals surface area contributed by atoms with E-state index < -0.39 is 5.56 Å². The van der Waals surface area contributed by atoms with Gasteiger partial charge in [0.1, 0.15) is 11.4 Å². The second-order valence-corrected chi connectivity index (χ2v) is 6.81. The number of nitrogens with one attached hydrogen (secondary N) is 1. The Labute approximate surface area is 156 Å². The third-order valence-corrected chi connectivity index (χ3v) is 4.80. The van der Waals surface area contributed by atoms with Gasteiger partial charge in [-0.1, -0.05) is 12.1 Å². The number of halogens is 1. The molecule has 0 unspecified atom stereocenters. The molecule has 1 saturated heterocycles. The Morgan fingerprint density at radius 2 is 1.81 bits per heavy atom. The molecule has 1 amide bonds. The number of nitrogens with zero attached hydrogens (tertiary/aromatic N) is 2. The Balaban J connectivity index is 1.67. The van der Waals surface area contributed by atoms with Gasteiger partial charge in [-0.05, 0) is 37.6 Å². The number of aryl methyl sites for hydroxylation is 1. The summed E-state index contributed by atoms with van der Waals surface area (Å²) in [6.07, 6.45) is 0. The quantitative estimate of drug-likeness (QED) is 0.834. The zero-order chi connectivity index (χ0) is 19.6. The largest absolute Gasteiger partial charge is 0.336 e. The number of hydrogen-bond donors (Lipinski definition) is 1. The molecule has 2 heterocycles. The molecule has 6 nitrogen and oxygen atoms in total. The van der Waals surface area contributed by atoms with E-state index in [0.717, 1.165) is 5.56 Å². The second-order valence-electron chi connectivity index (χ2n) is 6.81. The van der Waals surface area contributed by atoms with Crippen LogP contribution in [0.25, 0.3) is 0 Å². The van der Waals surface area contributed by atoms with Gasteiger partial charge in [0.2, 0.25) is 0 Å². The normalized spacial score (nSPS) is 15.0. The first kappa shape index (κ1) is 19.0. The van der Waals surface area contributed by atoms with Gasteiger partial charge in [-0.2, -0.15) is 0 Å². The number of H-pyrrole nitrogens is 1. The second kappa shape index (κ2) is 7.84. The smallest absolute Gasteiger partial charge is 0.261 e. The van der Waals surface area contributed by atoms with Crippen molar-refractivity contribution < 1.29 is 14.0 Å². The van der Waals surface area contributed by atoms with Gasteiger partial charge in [0.15, 0.2) is 5.78 Å². The topological polar surface area (TPSA) is 73.5 Å². The zero-order valence-corrected chi connectivity index (χ0v) is 15.4. The summed E-state index contributed by atoms with van der Waals surface area (Å²) in [6.45, 7) is 5.85. The lowest BCUT2D eigenvalue weighted by Crippen LogP contribution is -2.49. The highest BCUT2D eigenvalue weighted by Crippen LogP contribution is 2.13. The van der Waals surface area contributed by atoms with Crippen LogP contribution in [0.15, 0.2) is 35.1 Å². The summed E-state index contributed by atoms with van der Waals surface area (Å²) in [5.74, 6) is -0.831. The molecule has 27 heavy (non-hydrogen) atoms. The summed E-state index contributed by atoms with van der Waals surface area (Å²) in [6, 6.07) is 7.86. The van der Waals surface area contributed by atoms with Crippen molar-refractivity contribution in [1.29, 1.82) is 0 Å². The van der Waals surface area contributed by atoms with Crippen LogP contribution in [0.3, 0.4) is 0 Å². The van der Waals surface area contributed by atoms with Crippen LogP contribution < -0.4 is 5.56 Å².